The van der Waals surface area contributed by atoms with Gasteiger partial charge in [0, 0.05) is 10.6 Å². The van der Waals surface area contributed by atoms with E-state index >= 15 is 0 Å². The summed E-state index contributed by atoms with van der Waals surface area (Å²) in [5, 5.41) is 9.14. The number of carboxylic acid groups (broad SMARTS) is 1. The summed E-state index contributed by atoms with van der Waals surface area (Å²) in [6, 6.07) is 7.67. The zero-order valence-electron chi connectivity index (χ0n) is 8.95. The van der Waals surface area contributed by atoms with Gasteiger partial charge < -0.3 is 5.11 Å². The van der Waals surface area contributed by atoms with Gasteiger partial charge in [0.25, 0.3) is 0 Å². The fraction of sp³-hybridized carbons (Fsp3) is 0. The van der Waals surface area contributed by atoms with Gasteiger partial charge in [0.05, 0.1) is 5.56 Å². The Labute approximate surface area is 106 Å². The third kappa shape index (κ3) is 2.33. The molecule has 2 rings (SSSR count). The molecule has 2 aromatic carbocycles. The van der Waals surface area contributed by atoms with Crippen LogP contribution in [0.2, 0.25) is 5.02 Å². The van der Waals surface area contributed by atoms with Crippen molar-refractivity contribution < 1.29 is 18.7 Å². The fourth-order valence-corrected chi connectivity index (χ4v) is 1.69. The molecule has 0 aliphatic heterocycles. The first kappa shape index (κ1) is 12.5. The van der Waals surface area contributed by atoms with Crippen LogP contribution in [-0.2, 0) is 0 Å². The number of halogens is 3. The van der Waals surface area contributed by atoms with Crippen LogP contribution in [0.15, 0.2) is 36.4 Å². The van der Waals surface area contributed by atoms with Crippen molar-refractivity contribution in [3.63, 3.8) is 0 Å². The van der Waals surface area contributed by atoms with Crippen LogP contribution in [0, 0.1) is 11.6 Å². The minimum atomic E-state index is -1.51. The molecule has 1 N–H and O–H groups in total. The van der Waals surface area contributed by atoms with Crippen molar-refractivity contribution in [3.8, 4) is 11.1 Å². The lowest BCUT2D eigenvalue weighted by atomic mass is 10.0. The average molecular weight is 269 g/mol. The van der Waals surface area contributed by atoms with Crippen molar-refractivity contribution in [2.45, 2.75) is 0 Å². The molecule has 5 heteroatoms. The van der Waals surface area contributed by atoms with Crippen LogP contribution in [-0.4, -0.2) is 11.1 Å². The SMILES string of the molecule is O=C(O)c1cc(F)c(-c2ccc(Cl)cc2)cc1F. The van der Waals surface area contributed by atoms with E-state index in [0.717, 1.165) is 6.07 Å². The first-order chi connectivity index (χ1) is 8.49. The number of rotatable bonds is 2. The van der Waals surface area contributed by atoms with Crippen molar-refractivity contribution >= 4 is 17.6 Å². The van der Waals surface area contributed by atoms with Crippen LogP contribution in [0.1, 0.15) is 10.4 Å². The normalized spacial score (nSPS) is 10.4. The molecule has 0 unspecified atom stereocenters. The van der Waals surface area contributed by atoms with Crippen molar-refractivity contribution in [2.24, 2.45) is 0 Å². The number of hydrogen-bond donors (Lipinski definition) is 1. The summed E-state index contributed by atoms with van der Waals surface area (Å²) in [4.78, 5) is 10.6. The zero-order chi connectivity index (χ0) is 13.3. The molecule has 2 nitrogen and oxygen atoms in total. The number of carbonyl (C=O) groups is 1. The van der Waals surface area contributed by atoms with Crippen LogP contribution < -0.4 is 0 Å². The smallest absolute Gasteiger partial charge is 0.338 e. The second kappa shape index (κ2) is 4.74. The summed E-state index contributed by atoms with van der Waals surface area (Å²) < 4.78 is 27.2. The largest absolute Gasteiger partial charge is 0.478 e. The number of hydrogen-bond acceptors (Lipinski definition) is 1. The minimum absolute atomic E-state index is 0.00540. The van der Waals surface area contributed by atoms with Gasteiger partial charge in [0.2, 0.25) is 0 Å². The summed E-state index contributed by atoms with van der Waals surface area (Å²) in [7, 11) is 0. The summed E-state index contributed by atoms with van der Waals surface area (Å²) in [5.41, 5.74) is -0.271. The standard InChI is InChI=1S/C13H7ClF2O2/c14-8-3-1-7(2-4-8)9-5-12(16)10(13(17)18)6-11(9)15/h1-6H,(H,17,18). The molecule has 0 saturated heterocycles. The van der Waals surface area contributed by atoms with Gasteiger partial charge in [-0.25, -0.2) is 13.6 Å². The van der Waals surface area contributed by atoms with E-state index in [1.807, 2.05) is 0 Å². The van der Waals surface area contributed by atoms with Crippen LogP contribution >= 0.6 is 11.6 Å². The molecule has 2 aromatic rings. The van der Waals surface area contributed by atoms with E-state index in [1.54, 1.807) is 12.1 Å². The zero-order valence-corrected chi connectivity index (χ0v) is 9.71. The number of carboxylic acids is 1. The second-order valence-electron chi connectivity index (χ2n) is 3.62. The fourth-order valence-electron chi connectivity index (χ4n) is 1.56. The van der Waals surface area contributed by atoms with Crippen LogP contribution in [0.4, 0.5) is 8.78 Å². The third-order valence-corrected chi connectivity index (χ3v) is 2.69. The molecular formula is C13H7ClF2O2. The highest BCUT2D eigenvalue weighted by Crippen LogP contribution is 2.26. The Morgan fingerprint density at radius 3 is 2.22 bits per heavy atom. The van der Waals surface area contributed by atoms with E-state index in [9.17, 15) is 13.6 Å². The molecule has 0 heterocycles. The van der Waals surface area contributed by atoms with Crippen molar-refractivity contribution in [1.29, 1.82) is 0 Å². The Morgan fingerprint density at radius 1 is 1.06 bits per heavy atom. The molecule has 0 saturated carbocycles. The Bertz CT molecular complexity index is 609. The highest BCUT2D eigenvalue weighted by Gasteiger charge is 2.15. The topological polar surface area (TPSA) is 37.3 Å². The van der Waals surface area contributed by atoms with Gasteiger partial charge in [-0.2, -0.15) is 0 Å². The highest BCUT2D eigenvalue weighted by molar-refractivity contribution is 6.30. The summed E-state index contributed by atoms with van der Waals surface area (Å²) in [6.07, 6.45) is 0. The predicted molar refractivity (Wildman–Crippen MR) is 63.8 cm³/mol. The molecular weight excluding hydrogens is 262 g/mol. The summed E-state index contributed by atoms with van der Waals surface area (Å²) >= 11 is 5.69. The predicted octanol–water partition coefficient (Wildman–Crippen LogP) is 3.98. The molecule has 0 spiro atoms. The van der Waals surface area contributed by atoms with E-state index in [-0.39, 0.29) is 5.56 Å². The lowest BCUT2D eigenvalue weighted by molar-refractivity contribution is 0.0691. The maximum absolute atomic E-state index is 13.7. The molecule has 0 amide bonds. The van der Waals surface area contributed by atoms with E-state index in [1.165, 1.54) is 12.1 Å². The summed E-state index contributed by atoms with van der Waals surface area (Å²) in [6.45, 7) is 0. The molecule has 0 bridgehead atoms. The monoisotopic (exact) mass is 268 g/mol. The minimum Gasteiger partial charge on any atom is -0.478 e. The molecule has 92 valence electrons. The molecule has 0 aromatic heterocycles. The second-order valence-corrected chi connectivity index (χ2v) is 4.06. The van der Waals surface area contributed by atoms with Gasteiger partial charge >= 0.3 is 5.97 Å². The molecule has 0 fully saturated rings. The quantitative estimate of drug-likeness (QED) is 0.894. The van der Waals surface area contributed by atoms with E-state index in [2.05, 4.69) is 0 Å². The Balaban J connectivity index is 2.56. The summed E-state index contributed by atoms with van der Waals surface area (Å²) in [5.74, 6) is -3.28. The van der Waals surface area contributed by atoms with Gasteiger partial charge in [0.15, 0.2) is 0 Å². The lowest BCUT2D eigenvalue weighted by Gasteiger charge is -2.06. The maximum Gasteiger partial charge on any atom is 0.338 e. The maximum atomic E-state index is 13.7. The average Bonchev–Trinajstić information content (AvgIpc) is 2.32. The van der Waals surface area contributed by atoms with E-state index in [4.69, 9.17) is 16.7 Å². The molecule has 0 radical (unpaired) electrons. The number of benzene rings is 2. The van der Waals surface area contributed by atoms with Gasteiger partial charge in [0.1, 0.15) is 11.6 Å². The van der Waals surface area contributed by atoms with Crippen LogP contribution in [0.5, 0.6) is 0 Å². The van der Waals surface area contributed by atoms with Crippen molar-refractivity contribution in [3.05, 3.63) is 58.6 Å². The van der Waals surface area contributed by atoms with Crippen LogP contribution in [0.25, 0.3) is 11.1 Å². The highest BCUT2D eigenvalue weighted by atomic mass is 35.5. The van der Waals surface area contributed by atoms with Crippen molar-refractivity contribution in [2.75, 3.05) is 0 Å². The van der Waals surface area contributed by atoms with Gasteiger partial charge in [-0.1, -0.05) is 23.7 Å². The van der Waals surface area contributed by atoms with Gasteiger partial charge in [-0.15, -0.1) is 0 Å². The van der Waals surface area contributed by atoms with E-state index in [0.29, 0.717) is 16.7 Å². The Kier molecular flexibility index (Phi) is 3.30. The Morgan fingerprint density at radius 2 is 1.67 bits per heavy atom. The molecule has 0 aliphatic carbocycles. The number of aromatic carboxylic acids is 1. The molecule has 0 aliphatic rings. The van der Waals surface area contributed by atoms with Gasteiger partial charge in [-0.05, 0) is 29.8 Å². The first-order valence-electron chi connectivity index (χ1n) is 4.97. The van der Waals surface area contributed by atoms with Crippen LogP contribution in [0.3, 0.4) is 0 Å². The van der Waals surface area contributed by atoms with E-state index < -0.39 is 23.2 Å². The molecule has 0 atom stereocenters. The lowest BCUT2D eigenvalue weighted by Crippen LogP contribution is -2.02. The first-order valence-corrected chi connectivity index (χ1v) is 5.35. The molecule has 18 heavy (non-hydrogen) atoms. The van der Waals surface area contributed by atoms with Crippen molar-refractivity contribution in [1.82, 2.24) is 0 Å². The van der Waals surface area contributed by atoms with Gasteiger partial charge in [-0.3, -0.25) is 0 Å². The Hall–Kier alpha value is -1.94. The third-order valence-electron chi connectivity index (χ3n) is 2.44.